The fraction of sp³-hybridized carbons (Fsp3) is 0.500. The normalized spacial score (nSPS) is 7.85. The molecule has 0 aliphatic rings. The molecule has 3 amide bonds. The maximum absolute atomic E-state index is 9.86. The van der Waals surface area contributed by atoms with Crippen LogP contribution in [0.25, 0.3) is 0 Å². The molecule has 0 saturated carbocycles. The molecule has 14 heteroatoms. The Kier molecular flexibility index (Phi) is 31.5. The minimum absolute atomic E-state index is 0. The number of nitrogens with two attached hydrogens (primary N) is 3. The predicted molar refractivity (Wildman–Crippen MR) is 85.9 cm³/mol. The van der Waals surface area contributed by atoms with Gasteiger partial charge >= 0.3 is 41.5 Å². The Labute approximate surface area is 178 Å². The first-order valence-electron chi connectivity index (χ1n) is 6.36. The fourth-order valence-electron chi connectivity index (χ4n) is 0.686. The van der Waals surface area contributed by atoms with Crippen molar-refractivity contribution in [1.29, 1.82) is 0 Å². The van der Waals surface area contributed by atoms with Crippen LogP contribution >= 0.6 is 13.5 Å². The third-order valence-electron chi connectivity index (χ3n) is 1.75. The molecule has 0 unspecified atom stereocenters. The number of hydrogen-bond acceptors (Lipinski definition) is 7. The fourth-order valence-corrected chi connectivity index (χ4v) is 0.686. The Balaban J connectivity index is -0.0000000817. The number of primary amides is 3. The second-order valence-corrected chi connectivity index (χ2v) is 4.06. The van der Waals surface area contributed by atoms with Crippen LogP contribution in [0.15, 0.2) is 0 Å². The number of hydrogen-bond donors (Lipinski definition) is 5. The summed E-state index contributed by atoms with van der Waals surface area (Å²) in [4.78, 5) is 58.5. The van der Waals surface area contributed by atoms with E-state index >= 15 is 0 Å². The molecular formula is C12H22N3NaO9S. The van der Waals surface area contributed by atoms with Gasteiger partial charge in [-0.15, -0.1) is 0 Å². The predicted octanol–water partition coefficient (Wildman–Crippen LogP) is -6.21. The topological polar surface area (TPSA) is 244 Å². The zero-order valence-electron chi connectivity index (χ0n) is 14.2. The minimum Gasteiger partial charge on any atom is -0.550 e. The van der Waals surface area contributed by atoms with Gasteiger partial charge in [0.2, 0.25) is 17.7 Å². The summed E-state index contributed by atoms with van der Waals surface area (Å²) in [5.41, 5.74) is 13.9. The van der Waals surface area contributed by atoms with E-state index in [-0.39, 0.29) is 81.6 Å². The molecule has 146 valence electrons. The summed E-state index contributed by atoms with van der Waals surface area (Å²) >= 11 is 0. The van der Waals surface area contributed by atoms with Gasteiger partial charge in [0.1, 0.15) is 0 Å². The molecule has 0 aromatic carbocycles. The molecule has 0 aliphatic heterocycles. The van der Waals surface area contributed by atoms with Crippen molar-refractivity contribution in [2.24, 2.45) is 17.2 Å². The van der Waals surface area contributed by atoms with Crippen molar-refractivity contribution in [3.8, 4) is 0 Å². The molecule has 0 atom stereocenters. The first-order valence-corrected chi connectivity index (χ1v) is 6.36. The van der Waals surface area contributed by atoms with Crippen molar-refractivity contribution in [2.75, 3.05) is 0 Å². The summed E-state index contributed by atoms with van der Waals surface area (Å²) < 4.78 is 0. The van der Waals surface area contributed by atoms with E-state index in [4.69, 9.17) is 10.2 Å². The second-order valence-electron chi connectivity index (χ2n) is 4.06. The SMILES string of the molecule is NC(=O)CCC(=O)O.NC(=O)CCC(=O)O.NC(=O)CCC(=O)[O-].S.[Na+]. The molecule has 0 aromatic heterocycles. The van der Waals surface area contributed by atoms with Gasteiger partial charge in [0, 0.05) is 25.2 Å². The van der Waals surface area contributed by atoms with E-state index in [0.717, 1.165) is 0 Å². The van der Waals surface area contributed by atoms with Crippen LogP contribution in [0.3, 0.4) is 0 Å². The Bertz CT molecular complexity index is 366. The maximum atomic E-state index is 9.86. The molecule has 0 fully saturated rings. The third-order valence-corrected chi connectivity index (χ3v) is 1.75. The van der Waals surface area contributed by atoms with Gasteiger partial charge in [-0.1, -0.05) is 0 Å². The number of rotatable bonds is 9. The number of carbonyl (C=O) groups excluding carboxylic acids is 4. The standard InChI is InChI=1S/3C4H7NO3.Na.H2S/c3*5-3(6)1-2-4(7)8;;/h3*1-2H2,(H2,5,6)(H,7,8);;1H2/q;;;+1;/p-1. The van der Waals surface area contributed by atoms with Crippen LogP contribution in [-0.2, 0) is 28.8 Å². The van der Waals surface area contributed by atoms with Crippen molar-refractivity contribution in [3.63, 3.8) is 0 Å². The van der Waals surface area contributed by atoms with Gasteiger partial charge in [0.25, 0.3) is 0 Å². The largest absolute Gasteiger partial charge is 1.00 e. The zero-order chi connectivity index (χ0) is 19.7. The van der Waals surface area contributed by atoms with Gasteiger partial charge in [0.05, 0.1) is 12.8 Å². The van der Waals surface area contributed by atoms with Crippen molar-refractivity contribution < 1.29 is 73.6 Å². The molecule has 26 heavy (non-hydrogen) atoms. The number of aliphatic carboxylic acids is 3. The smallest absolute Gasteiger partial charge is 0.550 e. The summed E-state index contributed by atoms with van der Waals surface area (Å²) in [6.07, 6.45) is -0.910. The molecule has 0 radical (unpaired) electrons. The summed E-state index contributed by atoms with van der Waals surface area (Å²) in [7, 11) is 0. The first-order chi connectivity index (χ1) is 10.9. The Morgan fingerprint density at radius 1 is 0.615 bits per heavy atom. The second kappa shape index (κ2) is 23.2. The van der Waals surface area contributed by atoms with E-state index < -0.39 is 35.6 Å². The minimum atomic E-state index is -1.25. The monoisotopic (exact) mass is 407 g/mol. The van der Waals surface area contributed by atoms with E-state index in [2.05, 4.69) is 17.2 Å². The van der Waals surface area contributed by atoms with Gasteiger partial charge in [0.15, 0.2) is 0 Å². The van der Waals surface area contributed by atoms with Crippen LogP contribution in [-0.4, -0.2) is 45.8 Å². The van der Waals surface area contributed by atoms with Crippen molar-refractivity contribution in [3.05, 3.63) is 0 Å². The summed E-state index contributed by atoms with van der Waals surface area (Å²) in [5, 5.41) is 25.5. The molecule has 0 spiro atoms. The average molecular weight is 407 g/mol. The van der Waals surface area contributed by atoms with E-state index in [1.807, 2.05) is 0 Å². The molecule has 8 N–H and O–H groups in total. The molecular weight excluding hydrogens is 385 g/mol. The van der Waals surface area contributed by atoms with E-state index in [0.29, 0.717) is 0 Å². The number of amides is 3. The summed E-state index contributed by atoms with van der Waals surface area (Å²) in [5.74, 6) is -5.01. The van der Waals surface area contributed by atoms with Crippen molar-refractivity contribution in [1.82, 2.24) is 0 Å². The number of carbonyl (C=O) groups is 6. The molecule has 12 nitrogen and oxygen atoms in total. The molecule has 0 saturated heterocycles. The van der Waals surface area contributed by atoms with E-state index in [1.165, 1.54) is 0 Å². The van der Waals surface area contributed by atoms with Crippen LogP contribution in [0, 0.1) is 0 Å². The van der Waals surface area contributed by atoms with E-state index in [9.17, 15) is 33.9 Å². The van der Waals surface area contributed by atoms with Gasteiger partial charge in [-0.2, -0.15) is 13.5 Å². The van der Waals surface area contributed by atoms with Crippen LogP contribution < -0.4 is 51.9 Å². The Morgan fingerprint density at radius 3 is 0.923 bits per heavy atom. The quantitative estimate of drug-likeness (QED) is 0.228. The number of carboxylic acid groups (broad SMARTS) is 3. The first kappa shape index (κ1) is 35.3. The summed E-state index contributed by atoms with van der Waals surface area (Å²) in [6, 6.07) is 0. The van der Waals surface area contributed by atoms with E-state index in [1.54, 1.807) is 0 Å². The van der Waals surface area contributed by atoms with Gasteiger partial charge < -0.3 is 37.3 Å². The van der Waals surface area contributed by atoms with Crippen LogP contribution in [0.5, 0.6) is 0 Å². The average Bonchev–Trinajstić information content (AvgIpc) is 2.42. The van der Waals surface area contributed by atoms with Gasteiger partial charge in [-0.25, -0.2) is 0 Å². The van der Waals surface area contributed by atoms with Crippen molar-refractivity contribution >= 4 is 49.1 Å². The molecule has 0 rings (SSSR count). The van der Waals surface area contributed by atoms with Gasteiger partial charge in [-0.3, -0.25) is 24.0 Å². The number of carboxylic acids is 3. The Morgan fingerprint density at radius 2 is 0.846 bits per heavy atom. The van der Waals surface area contributed by atoms with Crippen LogP contribution in [0.1, 0.15) is 38.5 Å². The Hall–Kier alpha value is -1.83. The molecule has 0 heterocycles. The maximum Gasteiger partial charge on any atom is 1.00 e. The van der Waals surface area contributed by atoms with Crippen molar-refractivity contribution in [2.45, 2.75) is 38.5 Å². The zero-order valence-corrected chi connectivity index (χ0v) is 17.2. The van der Waals surface area contributed by atoms with Gasteiger partial charge in [-0.05, 0) is 6.42 Å². The van der Waals surface area contributed by atoms with Crippen LogP contribution in [0.2, 0.25) is 0 Å². The molecule has 0 aromatic rings. The molecule has 0 bridgehead atoms. The van der Waals surface area contributed by atoms with Crippen LogP contribution in [0.4, 0.5) is 0 Å². The summed E-state index contributed by atoms with van der Waals surface area (Å²) in [6.45, 7) is 0. The molecule has 0 aliphatic carbocycles. The third kappa shape index (κ3) is 57.3.